The number of aromatic amines is 1. The number of methoxy groups -OCH3 is 1. The van der Waals surface area contributed by atoms with Crippen LogP contribution in [-0.4, -0.2) is 21.8 Å². The SMILES string of the molecule is COCc1noc(C)c1-c1cn(C)c2c(=O)[nH]ccc12. The van der Waals surface area contributed by atoms with Crippen molar-refractivity contribution in [2.45, 2.75) is 13.5 Å². The summed E-state index contributed by atoms with van der Waals surface area (Å²) in [5.41, 5.74) is 3.07. The molecule has 0 aliphatic heterocycles. The number of rotatable bonds is 3. The predicted octanol–water partition coefficient (Wildman–Crippen LogP) is 1.98. The number of aryl methyl sites for hydroxylation is 2. The maximum absolute atomic E-state index is 11.9. The van der Waals surface area contributed by atoms with Gasteiger partial charge in [-0.05, 0) is 13.0 Å². The molecule has 0 fully saturated rings. The first kappa shape index (κ1) is 12.7. The minimum atomic E-state index is -0.112. The van der Waals surface area contributed by atoms with Crippen LogP contribution in [0.5, 0.6) is 0 Å². The van der Waals surface area contributed by atoms with Crippen LogP contribution in [0.3, 0.4) is 0 Å². The van der Waals surface area contributed by atoms with Gasteiger partial charge in [0.25, 0.3) is 5.56 Å². The summed E-state index contributed by atoms with van der Waals surface area (Å²) in [5, 5.41) is 4.90. The Labute approximate surface area is 115 Å². The fourth-order valence-electron chi connectivity index (χ4n) is 2.56. The molecule has 20 heavy (non-hydrogen) atoms. The molecule has 0 bridgehead atoms. The Balaban J connectivity index is 2.34. The van der Waals surface area contributed by atoms with Gasteiger partial charge in [0.05, 0.1) is 12.2 Å². The van der Waals surface area contributed by atoms with Crippen LogP contribution in [0.1, 0.15) is 11.5 Å². The van der Waals surface area contributed by atoms with Crippen molar-refractivity contribution >= 4 is 10.9 Å². The highest BCUT2D eigenvalue weighted by Crippen LogP contribution is 2.33. The number of fused-ring (bicyclic) bond motifs is 1. The van der Waals surface area contributed by atoms with Gasteiger partial charge >= 0.3 is 0 Å². The molecule has 6 heteroatoms. The average Bonchev–Trinajstić information content (AvgIpc) is 2.92. The molecule has 0 saturated carbocycles. The number of hydrogen-bond acceptors (Lipinski definition) is 4. The largest absolute Gasteiger partial charge is 0.378 e. The number of nitrogens with one attached hydrogen (secondary N) is 1. The van der Waals surface area contributed by atoms with Gasteiger partial charge in [0.1, 0.15) is 17.0 Å². The molecule has 0 spiro atoms. The van der Waals surface area contributed by atoms with Gasteiger partial charge in [-0.15, -0.1) is 0 Å². The van der Waals surface area contributed by atoms with Crippen molar-refractivity contribution in [1.29, 1.82) is 0 Å². The van der Waals surface area contributed by atoms with Crippen LogP contribution in [0.4, 0.5) is 0 Å². The molecule has 0 amide bonds. The molecular weight excluding hydrogens is 258 g/mol. The summed E-state index contributed by atoms with van der Waals surface area (Å²) in [4.78, 5) is 14.6. The van der Waals surface area contributed by atoms with Crippen molar-refractivity contribution < 1.29 is 9.26 Å². The van der Waals surface area contributed by atoms with E-state index < -0.39 is 0 Å². The molecular formula is C14H15N3O3. The first-order valence-electron chi connectivity index (χ1n) is 6.24. The second kappa shape index (κ2) is 4.64. The molecule has 3 rings (SSSR count). The molecule has 3 aromatic rings. The van der Waals surface area contributed by atoms with Crippen LogP contribution >= 0.6 is 0 Å². The molecule has 0 aromatic carbocycles. The molecule has 0 saturated heterocycles. The van der Waals surface area contributed by atoms with Gasteiger partial charge in [0.2, 0.25) is 0 Å². The zero-order valence-corrected chi connectivity index (χ0v) is 11.6. The molecule has 1 N–H and O–H groups in total. The lowest BCUT2D eigenvalue weighted by Crippen LogP contribution is -2.07. The van der Waals surface area contributed by atoms with Gasteiger partial charge in [-0.3, -0.25) is 4.79 Å². The summed E-state index contributed by atoms with van der Waals surface area (Å²) in [5.74, 6) is 0.713. The van der Waals surface area contributed by atoms with Gasteiger partial charge < -0.3 is 18.8 Å². The van der Waals surface area contributed by atoms with E-state index in [-0.39, 0.29) is 5.56 Å². The Hall–Kier alpha value is -2.34. The van der Waals surface area contributed by atoms with E-state index in [1.165, 1.54) is 0 Å². The Morgan fingerprint density at radius 3 is 3.05 bits per heavy atom. The summed E-state index contributed by atoms with van der Waals surface area (Å²) in [6.45, 7) is 2.22. The van der Waals surface area contributed by atoms with Gasteiger partial charge in [-0.25, -0.2) is 0 Å². The predicted molar refractivity (Wildman–Crippen MR) is 74.5 cm³/mol. The smallest absolute Gasteiger partial charge is 0.272 e. The number of hydrogen-bond donors (Lipinski definition) is 1. The van der Waals surface area contributed by atoms with Crippen molar-refractivity contribution in [2.75, 3.05) is 7.11 Å². The van der Waals surface area contributed by atoms with Crippen molar-refractivity contribution in [1.82, 2.24) is 14.7 Å². The second-order valence-corrected chi connectivity index (χ2v) is 4.72. The van der Waals surface area contributed by atoms with Crippen LogP contribution < -0.4 is 5.56 Å². The van der Waals surface area contributed by atoms with E-state index in [1.54, 1.807) is 13.3 Å². The number of nitrogens with zero attached hydrogens (tertiary/aromatic N) is 2. The average molecular weight is 273 g/mol. The number of H-pyrrole nitrogens is 1. The van der Waals surface area contributed by atoms with Crippen molar-refractivity contribution in [2.24, 2.45) is 7.05 Å². The van der Waals surface area contributed by atoms with Crippen LogP contribution in [0, 0.1) is 6.92 Å². The Morgan fingerprint density at radius 1 is 1.50 bits per heavy atom. The summed E-state index contributed by atoms with van der Waals surface area (Å²) >= 11 is 0. The lowest BCUT2D eigenvalue weighted by Gasteiger charge is -2.00. The fraction of sp³-hybridized carbons (Fsp3) is 0.286. The minimum absolute atomic E-state index is 0.112. The summed E-state index contributed by atoms with van der Waals surface area (Å²) in [6.07, 6.45) is 3.56. The zero-order chi connectivity index (χ0) is 14.3. The minimum Gasteiger partial charge on any atom is -0.378 e. The highest BCUT2D eigenvalue weighted by molar-refractivity contribution is 5.96. The van der Waals surface area contributed by atoms with Gasteiger partial charge in [-0.2, -0.15) is 0 Å². The first-order valence-corrected chi connectivity index (χ1v) is 6.24. The van der Waals surface area contributed by atoms with E-state index in [0.29, 0.717) is 17.9 Å². The third-order valence-corrected chi connectivity index (χ3v) is 3.38. The molecule has 0 atom stereocenters. The Morgan fingerprint density at radius 2 is 2.30 bits per heavy atom. The molecule has 3 aromatic heterocycles. The molecule has 6 nitrogen and oxygen atoms in total. The highest BCUT2D eigenvalue weighted by atomic mass is 16.5. The highest BCUT2D eigenvalue weighted by Gasteiger charge is 2.19. The summed E-state index contributed by atoms with van der Waals surface area (Å²) in [7, 11) is 3.46. The molecule has 0 aliphatic rings. The molecule has 0 unspecified atom stereocenters. The van der Waals surface area contributed by atoms with Crippen LogP contribution in [0.15, 0.2) is 27.8 Å². The van der Waals surface area contributed by atoms with E-state index >= 15 is 0 Å². The summed E-state index contributed by atoms with van der Waals surface area (Å²) in [6, 6.07) is 1.88. The first-order chi connectivity index (χ1) is 9.63. The van der Waals surface area contributed by atoms with Crippen LogP contribution in [0.2, 0.25) is 0 Å². The standard InChI is InChI=1S/C14H15N3O3/c1-8-12(11(7-19-3)16-20-8)10-6-17(2)13-9(10)4-5-15-14(13)18/h4-6H,7H2,1-3H3,(H,15,18). The van der Waals surface area contributed by atoms with Gasteiger partial charge in [0, 0.05) is 37.5 Å². The zero-order valence-electron chi connectivity index (χ0n) is 11.6. The lowest BCUT2D eigenvalue weighted by molar-refractivity contribution is 0.177. The maximum atomic E-state index is 11.9. The van der Waals surface area contributed by atoms with E-state index in [2.05, 4.69) is 10.1 Å². The lowest BCUT2D eigenvalue weighted by atomic mass is 10.0. The third-order valence-electron chi connectivity index (χ3n) is 3.38. The number of pyridine rings is 1. The normalized spacial score (nSPS) is 11.3. The molecule has 0 aliphatic carbocycles. The second-order valence-electron chi connectivity index (χ2n) is 4.72. The van der Waals surface area contributed by atoms with E-state index in [0.717, 1.165) is 22.2 Å². The van der Waals surface area contributed by atoms with Crippen LogP contribution in [0.25, 0.3) is 22.0 Å². The number of ether oxygens (including phenoxy) is 1. The fourth-order valence-corrected chi connectivity index (χ4v) is 2.56. The van der Waals surface area contributed by atoms with Crippen molar-refractivity contribution in [3.8, 4) is 11.1 Å². The van der Waals surface area contributed by atoms with Crippen molar-refractivity contribution in [3.63, 3.8) is 0 Å². The quantitative estimate of drug-likeness (QED) is 0.792. The molecule has 3 heterocycles. The van der Waals surface area contributed by atoms with E-state index in [9.17, 15) is 4.79 Å². The monoisotopic (exact) mass is 273 g/mol. The Bertz CT molecular complexity index is 826. The van der Waals surface area contributed by atoms with Crippen molar-refractivity contribution in [3.05, 3.63) is 40.3 Å². The topological polar surface area (TPSA) is 73.1 Å². The van der Waals surface area contributed by atoms with E-state index in [4.69, 9.17) is 9.26 Å². The van der Waals surface area contributed by atoms with E-state index in [1.807, 2.05) is 30.8 Å². The maximum Gasteiger partial charge on any atom is 0.272 e. The molecule has 104 valence electrons. The van der Waals surface area contributed by atoms with Gasteiger partial charge in [-0.1, -0.05) is 5.16 Å². The summed E-state index contributed by atoms with van der Waals surface area (Å²) < 4.78 is 12.2. The van der Waals surface area contributed by atoms with Gasteiger partial charge in [0.15, 0.2) is 0 Å². The Kier molecular flexibility index (Phi) is 2.94. The third kappa shape index (κ3) is 1.77. The molecule has 0 radical (unpaired) electrons. The number of aromatic nitrogens is 3. The van der Waals surface area contributed by atoms with Crippen LogP contribution in [-0.2, 0) is 18.4 Å².